The first-order valence-electron chi connectivity index (χ1n) is 8.52. The van der Waals surface area contributed by atoms with Gasteiger partial charge < -0.3 is 14.5 Å². The Morgan fingerprint density at radius 3 is 2.71 bits per heavy atom. The van der Waals surface area contributed by atoms with Gasteiger partial charge in [0.2, 0.25) is 0 Å². The Balaban J connectivity index is 1.97. The number of thiophene rings is 1. The van der Waals surface area contributed by atoms with Crippen molar-refractivity contribution in [2.75, 3.05) is 0 Å². The number of imidazole rings is 1. The lowest BCUT2D eigenvalue weighted by atomic mass is 10.1. The molecule has 0 aliphatic heterocycles. The van der Waals surface area contributed by atoms with E-state index < -0.39 is 16.2 Å². The normalized spacial score (nSPS) is 11.7. The van der Waals surface area contributed by atoms with Crippen LogP contribution in [0.2, 0.25) is 0 Å². The van der Waals surface area contributed by atoms with Gasteiger partial charge in [-0.1, -0.05) is 19.9 Å². The molecule has 2 N–H and O–H groups in total. The van der Waals surface area contributed by atoms with Gasteiger partial charge in [0.1, 0.15) is 0 Å². The Labute approximate surface area is 167 Å². The Hall–Kier alpha value is -2.72. The van der Waals surface area contributed by atoms with Gasteiger partial charge in [0.25, 0.3) is 0 Å². The summed E-state index contributed by atoms with van der Waals surface area (Å²) in [5.41, 5.74) is 6.74. The quantitative estimate of drug-likeness (QED) is 0.587. The van der Waals surface area contributed by atoms with Crippen LogP contribution in [0.5, 0.6) is 0 Å². The molecular weight excluding hydrogens is 400 g/mol. The molecule has 28 heavy (non-hydrogen) atoms. The van der Waals surface area contributed by atoms with Crippen molar-refractivity contribution in [1.82, 2.24) is 14.5 Å². The maximum absolute atomic E-state index is 12.5. The van der Waals surface area contributed by atoms with Crippen molar-refractivity contribution >= 4 is 27.5 Å². The van der Waals surface area contributed by atoms with Gasteiger partial charge in [0.05, 0.1) is 12.0 Å². The zero-order chi connectivity index (χ0) is 20.3. The molecule has 1 amide bonds. The van der Waals surface area contributed by atoms with E-state index in [1.165, 1.54) is 0 Å². The molecule has 3 aromatic rings. The second-order valence-corrected chi connectivity index (χ2v) is 9.53. The summed E-state index contributed by atoms with van der Waals surface area (Å²) < 4.78 is 31.1. The van der Waals surface area contributed by atoms with E-state index in [9.17, 15) is 13.2 Å². The van der Waals surface area contributed by atoms with E-state index >= 15 is 0 Å². The van der Waals surface area contributed by atoms with Crippen LogP contribution in [0.15, 0.2) is 47.3 Å². The number of pyridine rings is 1. The Bertz CT molecular complexity index is 1060. The topological polar surface area (TPSA) is 117 Å². The monoisotopic (exact) mass is 420 g/mol. The van der Waals surface area contributed by atoms with Gasteiger partial charge in [-0.2, -0.15) is 8.42 Å². The van der Waals surface area contributed by atoms with Crippen molar-refractivity contribution in [3.8, 4) is 11.3 Å². The van der Waals surface area contributed by atoms with Crippen molar-refractivity contribution < 1.29 is 17.4 Å². The third-order valence-electron chi connectivity index (χ3n) is 3.80. The summed E-state index contributed by atoms with van der Waals surface area (Å²) in [7, 11) is -4.31. The minimum Gasteiger partial charge on any atom is -0.334 e. The smallest absolute Gasteiger partial charge is 0.334 e. The number of nitrogens with zero attached hydrogens (tertiary/aromatic N) is 3. The highest BCUT2D eigenvalue weighted by Gasteiger charge is 2.27. The molecule has 10 heteroatoms. The average molecular weight is 421 g/mol. The molecule has 148 valence electrons. The minimum atomic E-state index is -4.31. The molecule has 0 aliphatic rings. The molecular formula is C18H20N4O4S2. The Morgan fingerprint density at radius 2 is 2.14 bits per heavy atom. The maximum Gasteiger partial charge on any atom is 0.420 e. The third-order valence-corrected chi connectivity index (χ3v) is 6.67. The first kappa shape index (κ1) is 20.0. The highest BCUT2D eigenvalue weighted by Crippen LogP contribution is 2.36. The first-order valence-corrected chi connectivity index (χ1v) is 10.7. The molecule has 3 rings (SSSR count). The van der Waals surface area contributed by atoms with Crippen LogP contribution in [-0.2, 0) is 27.3 Å². The zero-order valence-electron chi connectivity index (χ0n) is 15.4. The summed E-state index contributed by atoms with van der Waals surface area (Å²) in [5.74, 6) is 0.338. The molecule has 0 unspecified atom stereocenters. The van der Waals surface area contributed by atoms with Crippen LogP contribution in [0, 0.1) is 5.92 Å². The minimum absolute atomic E-state index is 0.0724. The van der Waals surface area contributed by atoms with Crippen molar-refractivity contribution in [1.29, 1.82) is 0 Å². The molecule has 3 aromatic heterocycles. The van der Waals surface area contributed by atoms with E-state index in [2.05, 4.69) is 14.2 Å². The molecule has 0 aliphatic carbocycles. The number of primary amides is 1. The van der Waals surface area contributed by atoms with Crippen LogP contribution in [-0.4, -0.2) is 29.0 Å². The summed E-state index contributed by atoms with van der Waals surface area (Å²) in [6.07, 6.45) is 6.25. The first-order chi connectivity index (χ1) is 13.2. The fraction of sp³-hybridized carbons (Fsp3) is 0.278. The van der Waals surface area contributed by atoms with Gasteiger partial charge >= 0.3 is 16.2 Å². The molecule has 0 fully saturated rings. The van der Waals surface area contributed by atoms with E-state index in [0.717, 1.165) is 21.8 Å². The number of hydrogen-bond acceptors (Lipinski definition) is 7. The van der Waals surface area contributed by atoms with Gasteiger partial charge in [-0.05, 0) is 30.0 Å². The molecule has 8 nitrogen and oxygen atoms in total. The van der Waals surface area contributed by atoms with Gasteiger partial charge in [-0.3, -0.25) is 4.98 Å². The molecule has 0 saturated carbocycles. The lowest BCUT2D eigenvalue weighted by molar-refractivity contribution is 0.213. The third kappa shape index (κ3) is 4.76. The maximum atomic E-state index is 12.5. The number of aromatic nitrogens is 3. The lowest BCUT2D eigenvalue weighted by Gasteiger charge is -2.06. The molecule has 0 aromatic carbocycles. The molecule has 0 spiro atoms. The number of hydrogen-bond donors (Lipinski definition) is 1. The second-order valence-electron chi connectivity index (χ2n) is 6.66. The van der Waals surface area contributed by atoms with E-state index in [1.54, 1.807) is 30.9 Å². The predicted molar refractivity (Wildman–Crippen MR) is 105 cm³/mol. The molecule has 0 radical (unpaired) electrons. The van der Waals surface area contributed by atoms with Crippen LogP contribution in [0.4, 0.5) is 4.79 Å². The summed E-state index contributed by atoms with van der Waals surface area (Å²) in [5, 5.41) is 0. The van der Waals surface area contributed by atoms with E-state index in [4.69, 9.17) is 5.73 Å². The predicted octanol–water partition coefficient (Wildman–Crippen LogP) is 3.04. The molecule has 0 bridgehead atoms. The SMILES string of the molecule is CC(C)Cc1cc(-c2ccc(Cn3ccnc3)cn2)c(S(=O)(=O)OC(N)=O)s1. The van der Waals surface area contributed by atoms with Crippen LogP contribution >= 0.6 is 11.3 Å². The van der Waals surface area contributed by atoms with E-state index in [0.29, 0.717) is 30.1 Å². The van der Waals surface area contributed by atoms with Crippen LogP contribution in [0.1, 0.15) is 24.3 Å². The van der Waals surface area contributed by atoms with Gasteiger partial charge in [0, 0.05) is 35.6 Å². The molecule has 0 atom stereocenters. The Morgan fingerprint density at radius 1 is 1.36 bits per heavy atom. The van der Waals surface area contributed by atoms with E-state index in [-0.39, 0.29) is 4.21 Å². The van der Waals surface area contributed by atoms with Crippen molar-refractivity contribution in [3.63, 3.8) is 0 Å². The summed E-state index contributed by atoms with van der Waals surface area (Å²) >= 11 is 1.07. The summed E-state index contributed by atoms with van der Waals surface area (Å²) in [4.78, 5) is 20.3. The van der Waals surface area contributed by atoms with E-state index in [1.807, 2.05) is 30.7 Å². The number of rotatable bonds is 7. The zero-order valence-corrected chi connectivity index (χ0v) is 17.0. The van der Waals surface area contributed by atoms with Crippen LogP contribution in [0.25, 0.3) is 11.3 Å². The fourth-order valence-electron chi connectivity index (χ4n) is 2.70. The number of carbonyl (C=O) groups is 1. The number of carbonyl (C=O) groups excluding carboxylic acids is 1. The largest absolute Gasteiger partial charge is 0.420 e. The summed E-state index contributed by atoms with van der Waals surface area (Å²) in [6, 6.07) is 5.39. The van der Waals surface area contributed by atoms with Gasteiger partial charge in [-0.15, -0.1) is 11.3 Å². The molecule has 3 heterocycles. The van der Waals surface area contributed by atoms with Crippen LogP contribution < -0.4 is 5.73 Å². The highest BCUT2D eigenvalue weighted by atomic mass is 32.3. The van der Waals surface area contributed by atoms with Crippen LogP contribution in [0.3, 0.4) is 0 Å². The second kappa shape index (κ2) is 8.11. The number of nitrogens with two attached hydrogens (primary N) is 1. The van der Waals surface area contributed by atoms with Gasteiger partial charge in [-0.25, -0.2) is 9.78 Å². The fourth-order valence-corrected chi connectivity index (χ4v) is 5.37. The van der Waals surface area contributed by atoms with Gasteiger partial charge in [0.15, 0.2) is 4.21 Å². The standard InChI is InChI=1S/C18H20N4O4S2/c1-12(2)7-14-8-15(17(27-14)28(24,25)26-18(19)23)16-4-3-13(9-21-16)10-22-6-5-20-11-22/h3-6,8-9,11-12H,7,10H2,1-2H3,(H2,19,23). The average Bonchev–Trinajstić information content (AvgIpc) is 3.24. The highest BCUT2D eigenvalue weighted by molar-refractivity contribution is 7.89. The van der Waals surface area contributed by atoms with Crippen molar-refractivity contribution in [2.24, 2.45) is 11.7 Å². The lowest BCUT2D eigenvalue weighted by Crippen LogP contribution is -2.18. The van der Waals surface area contributed by atoms with Crippen molar-refractivity contribution in [3.05, 3.63) is 53.6 Å². The molecule has 0 saturated heterocycles. The number of amides is 1. The van der Waals surface area contributed by atoms with Crippen molar-refractivity contribution in [2.45, 2.75) is 31.0 Å². The summed E-state index contributed by atoms with van der Waals surface area (Å²) in [6.45, 7) is 4.68. The Kier molecular flexibility index (Phi) is 5.80.